The summed E-state index contributed by atoms with van der Waals surface area (Å²) in [7, 11) is 0. The number of hydrogen-bond acceptors (Lipinski definition) is 4. The number of aliphatic hydroxyl groups is 1. The van der Waals surface area contributed by atoms with E-state index in [1.54, 1.807) is 11.3 Å². The zero-order chi connectivity index (χ0) is 14.5. The number of aromatic nitrogens is 2. The molecule has 2 aromatic heterocycles. The SMILES string of the molecule is CCC(CCO)NC(=O)CCc1csc2nc(C)cn12. The van der Waals surface area contributed by atoms with Gasteiger partial charge in [-0.15, -0.1) is 11.3 Å². The maximum absolute atomic E-state index is 11.9. The van der Waals surface area contributed by atoms with E-state index >= 15 is 0 Å². The average Bonchev–Trinajstić information content (AvgIpc) is 2.95. The molecular formula is C14H21N3O2S. The first-order valence-electron chi connectivity index (χ1n) is 6.96. The van der Waals surface area contributed by atoms with Gasteiger partial charge in [0.15, 0.2) is 4.96 Å². The number of hydrogen-bond donors (Lipinski definition) is 2. The molecule has 2 rings (SSSR count). The Morgan fingerprint density at radius 2 is 2.40 bits per heavy atom. The van der Waals surface area contributed by atoms with Crippen LogP contribution in [0.2, 0.25) is 0 Å². The highest BCUT2D eigenvalue weighted by Gasteiger charge is 2.12. The minimum Gasteiger partial charge on any atom is -0.396 e. The van der Waals surface area contributed by atoms with Gasteiger partial charge in [-0.2, -0.15) is 0 Å². The first-order valence-corrected chi connectivity index (χ1v) is 7.84. The molecule has 6 heteroatoms. The summed E-state index contributed by atoms with van der Waals surface area (Å²) < 4.78 is 2.05. The second-order valence-electron chi connectivity index (χ2n) is 4.95. The highest BCUT2D eigenvalue weighted by molar-refractivity contribution is 7.15. The van der Waals surface area contributed by atoms with Gasteiger partial charge in [-0.05, 0) is 26.2 Å². The summed E-state index contributed by atoms with van der Waals surface area (Å²) in [6, 6.07) is 0.0745. The molecule has 0 radical (unpaired) electrons. The van der Waals surface area contributed by atoms with Crippen LogP contribution in [-0.2, 0) is 11.2 Å². The van der Waals surface area contributed by atoms with Gasteiger partial charge < -0.3 is 10.4 Å². The van der Waals surface area contributed by atoms with Crippen LogP contribution < -0.4 is 5.32 Å². The number of amides is 1. The van der Waals surface area contributed by atoms with Gasteiger partial charge in [-0.25, -0.2) is 4.98 Å². The van der Waals surface area contributed by atoms with Gasteiger partial charge >= 0.3 is 0 Å². The number of thiazole rings is 1. The van der Waals surface area contributed by atoms with Crippen molar-refractivity contribution in [3.63, 3.8) is 0 Å². The monoisotopic (exact) mass is 295 g/mol. The van der Waals surface area contributed by atoms with E-state index in [0.717, 1.165) is 22.8 Å². The Balaban J connectivity index is 1.89. The van der Waals surface area contributed by atoms with Crippen LogP contribution in [0.3, 0.4) is 0 Å². The third-order valence-corrected chi connectivity index (χ3v) is 4.24. The van der Waals surface area contributed by atoms with Gasteiger partial charge in [0.1, 0.15) is 0 Å². The molecule has 20 heavy (non-hydrogen) atoms. The van der Waals surface area contributed by atoms with Gasteiger partial charge in [0.25, 0.3) is 0 Å². The lowest BCUT2D eigenvalue weighted by molar-refractivity contribution is -0.121. The van der Waals surface area contributed by atoms with Crippen molar-refractivity contribution >= 4 is 22.2 Å². The molecule has 0 saturated carbocycles. The standard InChI is InChI=1S/C14H21N3O2S/c1-3-11(6-7-18)16-13(19)5-4-12-9-20-14-15-10(2)8-17(12)14/h8-9,11,18H,3-7H2,1-2H3,(H,16,19). The summed E-state index contributed by atoms with van der Waals surface area (Å²) in [5, 5.41) is 13.9. The fraction of sp³-hybridized carbons (Fsp3) is 0.571. The van der Waals surface area contributed by atoms with Gasteiger partial charge in [0.05, 0.1) is 5.69 Å². The van der Waals surface area contributed by atoms with Crippen molar-refractivity contribution < 1.29 is 9.90 Å². The molecule has 2 heterocycles. The molecule has 2 aromatic rings. The van der Waals surface area contributed by atoms with Gasteiger partial charge in [0.2, 0.25) is 5.91 Å². The number of carbonyl (C=O) groups excluding carboxylic acids is 1. The summed E-state index contributed by atoms with van der Waals surface area (Å²) in [6.07, 6.45) is 4.63. The minimum absolute atomic E-state index is 0.0430. The molecule has 0 saturated heterocycles. The highest BCUT2D eigenvalue weighted by atomic mass is 32.1. The Labute approximate surface area is 122 Å². The average molecular weight is 295 g/mol. The Kier molecular flexibility index (Phi) is 5.14. The maximum Gasteiger partial charge on any atom is 0.220 e. The van der Waals surface area contributed by atoms with E-state index in [1.807, 2.05) is 20.0 Å². The molecule has 1 atom stereocenters. The molecule has 0 aliphatic heterocycles. The number of aliphatic hydroxyl groups excluding tert-OH is 1. The number of rotatable bonds is 7. The van der Waals surface area contributed by atoms with Gasteiger partial charge in [-0.3, -0.25) is 9.20 Å². The molecule has 0 aliphatic carbocycles. The van der Waals surface area contributed by atoms with Crippen LogP contribution >= 0.6 is 11.3 Å². The highest BCUT2D eigenvalue weighted by Crippen LogP contribution is 2.17. The second kappa shape index (κ2) is 6.85. The van der Waals surface area contributed by atoms with Crippen LogP contribution in [0.15, 0.2) is 11.6 Å². The first kappa shape index (κ1) is 15.0. The van der Waals surface area contributed by atoms with Crippen molar-refractivity contribution in [2.24, 2.45) is 0 Å². The predicted octanol–water partition coefficient (Wildman–Crippen LogP) is 1.91. The number of imidazole rings is 1. The summed E-state index contributed by atoms with van der Waals surface area (Å²) >= 11 is 1.60. The number of nitrogens with one attached hydrogen (secondary N) is 1. The van der Waals surface area contributed by atoms with Crippen molar-refractivity contribution in [3.8, 4) is 0 Å². The lowest BCUT2D eigenvalue weighted by atomic mass is 10.1. The van der Waals surface area contributed by atoms with Crippen LogP contribution in [0.1, 0.15) is 37.6 Å². The number of fused-ring (bicyclic) bond motifs is 1. The molecular weight excluding hydrogens is 274 g/mol. The lowest BCUT2D eigenvalue weighted by Crippen LogP contribution is -2.35. The molecule has 110 valence electrons. The van der Waals surface area contributed by atoms with E-state index in [-0.39, 0.29) is 18.6 Å². The normalized spacial score (nSPS) is 12.8. The summed E-state index contributed by atoms with van der Waals surface area (Å²) in [4.78, 5) is 17.3. The van der Waals surface area contributed by atoms with Crippen molar-refractivity contribution in [1.29, 1.82) is 0 Å². The molecule has 1 unspecified atom stereocenters. The number of nitrogens with zero attached hydrogens (tertiary/aromatic N) is 2. The second-order valence-corrected chi connectivity index (χ2v) is 5.78. The number of carbonyl (C=O) groups is 1. The van der Waals surface area contributed by atoms with Crippen molar-refractivity contribution in [2.75, 3.05) is 6.61 Å². The fourth-order valence-corrected chi connectivity index (χ4v) is 3.15. The molecule has 0 fully saturated rings. The van der Waals surface area contributed by atoms with Crippen LogP contribution in [0.25, 0.3) is 4.96 Å². The van der Waals surface area contributed by atoms with Crippen molar-refractivity contribution in [1.82, 2.24) is 14.7 Å². The Hall–Kier alpha value is -1.40. The molecule has 0 spiro atoms. The quantitative estimate of drug-likeness (QED) is 0.820. The van der Waals surface area contributed by atoms with E-state index in [9.17, 15) is 4.79 Å². The summed E-state index contributed by atoms with van der Waals surface area (Å²) in [6.45, 7) is 4.09. The third-order valence-electron chi connectivity index (χ3n) is 3.35. The van der Waals surface area contributed by atoms with E-state index in [4.69, 9.17) is 5.11 Å². The van der Waals surface area contributed by atoms with E-state index in [2.05, 4.69) is 20.1 Å². The van der Waals surface area contributed by atoms with Crippen LogP contribution in [0, 0.1) is 6.92 Å². The predicted molar refractivity (Wildman–Crippen MR) is 80.1 cm³/mol. The van der Waals surface area contributed by atoms with Crippen LogP contribution in [0.5, 0.6) is 0 Å². The van der Waals surface area contributed by atoms with E-state index in [0.29, 0.717) is 19.3 Å². The maximum atomic E-state index is 11.9. The molecule has 2 N–H and O–H groups in total. The third kappa shape index (κ3) is 3.58. The Morgan fingerprint density at radius 3 is 3.10 bits per heavy atom. The van der Waals surface area contributed by atoms with Crippen molar-refractivity contribution in [3.05, 3.63) is 23.0 Å². The molecule has 0 aromatic carbocycles. The molecule has 1 amide bonds. The van der Waals surface area contributed by atoms with Gasteiger partial charge in [-0.1, -0.05) is 6.92 Å². The largest absolute Gasteiger partial charge is 0.396 e. The Bertz CT molecular complexity index is 576. The Morgan fingerprint density at radius 1 is 1.60 bits per heavy atom. The van der Waals surface area contributed by atoms with Crippen molar-refractivity contribution in [2.45, 2.75) is 45.6 Å². The topological polar surface area (TPSA) is 66.6 Å². The molecule has 0 bridgehead atoms. The number of aryl methyl sites for hydroxylation is 2. The van der Waals surface area contributed by atoms with E-state index < -0.39 is 0 Å². The first-order chi connectivity index (χ1) is 9.63. The van der Waals surface area contributed by atoms with Crippen LogP contribution in [0.4, 0.5) is 0 Å². The molecule has 0 aliphatic rings. The lowest BCUT2D eigenvalue weighted by Gasteiger charge is -2.15. The summed E-state index contributed by atoms with van der Waals surface area (Å²) in [5.41, 5.74) is 2.12. The molecule has 5 nitrogen and oxygen atoms in total. The zero-order valence-corrected chi connectivity index (χ0v) is 12.7. The fourth-order valence-electron chi connectivity index (χ4n) is 2.20. The van der Waals surface area contributed by atoms with E-state index in [1.165, 1.54) is 0 Å². The minimum atomic E-state index is 0.0430. The summed E-state index contributed by atoms with van der Waals surface area (Å²) in [5.74, 6) is 0.0430. The van der Waals surface area contributed by atoms with Crippen LogP contribution in [-0.4, -0.2) is 33.0 Å². The smallest absolute Gasteiger partial charge is 0.220 e. The van der Waals surface area contributed by atoms with Gasteiger partial charge in [0, 0.05) is 36.3 Å². The zero-order valence-electron chi connectivity index (χ0n) is 11.9.